The van der Waals surface area contributed by atoms with Gasteiger partial charge in [0.2, 0.25) is 0 Å². The lowest BCUT2D eigenvalue weighted by atomic mass is 9.81. The van der Waals surface area contributed by atoms with Crippen molar-refractivity contribution in [1.29, 1.82) is 0 Å². The van der Waals surface area contributed by atoms with Gasteiger partial charge in [-0.3, -0.25) is 0 Å². The number of benzene rings is 2. The molecule has 2 aliphatic rings. The van der Waals surface area contributed by atoms with Crippen LogP contribution in [0.1, 0.15) is 29.7 Å². The summed E-state index contributed by atoms with van der Waals surface area (Å²) in [4.78, 5) is 0. The van der Waals surface area contributed by atoms with Crippen LogP contribution in [0, 0.1) is 11.7 Å². The lowest BCUT2D eigenvalue weighted by Gasteiger charge is -2.36. The molecule has 21 heavy (non-hydrogen) atoms. The summed E-state index contributed by atoms with van der Waals surface area (Å²) >= 11 is 0. The number of rotatable bonds is 1. The molecule has 2 aliphatic heterocycles. The molecule has 0 aliphatic carbocycles. The molecule has 3 atom stereocenters. The average Bonchev–Trinajstić information content (AvgIpc) is 2.96. The fraction of sp³-hybridized carbons (Fsp3) is 0.294. The smallest absolute Gasteiger partial charge is 0.123 e. The zero-order valence-corrected chi connectivity index (χ0v) is 11.4. The second-order valence-corrected chi connectivity index (χ2v) is 5.69. The predicted octanol–water partition coefficient (Wildman–Crippen LogP) is 3.78. The normalized spacial score (nSPS) is 26.8. The number of fused-ring (bicyclic) bond motifs is 3. The summed E-state index contributed by atoms with van der Waals surface area (Å²) < 4.78 is 19.4. The van der Waals surface area contributed by atoms with Gasteiger partial charge in [-0.05, 0) is 42.3 Å². The lowest BCUT2D eigenvalue weighted by Crippen LogP contribution is -2.29. The van der Waals surface area contributed by atoms with Crippen LogP contribution in [0.5, 0.6) is 5.75 Å². The van der Waals surface area contributed by atoms with Crippen LogP contribution in [0.3, 0.4) is 0 Å². The largest absolute Gasteiger partial charge is 0.508 e. The van der Waals surface area contributed by atoms with Crippen molar-refractivity contribution in [2.45, 2.75) is 18.6 Å². The van der Waals surface area contributed by atoms with Crippen LogP contribution in [0.2, 0.25) is 0 Å². The fourth-order valence-electron chi connectivity index (χ4n) is 3.49. The van der Waals surface area contributed by atoms with Crippen molar-refractivity contribution in [3.8, 4) is 5.75 Å². The van der Waals surface area contributed by atoms with Crippen molar-refractivity contribution in [1.82, 2.24) is 0 Å². The first-order valence-electron chi connectivity index (χ1n) is 7.19. The summed E-state index contributed by atoms with van der Waals surface area (Å²) in [7, 11) is 0. The molecule has 2 aromatic rings. The molecule has 0 amide bonds. The number of phenolic OH excluding ortho intramolecular Hbond substituents is 1. The van der Waals surface area contributed by atoms with E-state index in [1.165, 1.54) is 6.07 Å². The van der Waals surface area contributed by atoms with E-state index in [4.69, 9.17) is 4.74 Å². The third-order valence-corrected chi connectivity index (χ3v) is 4.43. The number of phenols is 1. The Kier molecular flexibility index (Phi) is 2.86. The van der Waals surface area contributed by atoms with E-state index < -0.39 is 0 Å². The standard InChI is InChI=1S/C17H16FNO2/c18-11-4-5-15-14(9-11)17-13(6-7-21-17)16(19-15)10-2-1-3-12(20)8-10/h1-5,8-9,13,16-17,19-20H,6-7H2. The van der Waals surface area contributed by atoms with Crippen molar-refractivity contribution in [2.75, 3.05) is 11.9 Å². The van der Waals surface area contributed by atoms with E-state index in [2.05, 4.69) is 5.32 Å². The maximum absolute atomic E-state index is 13.5. The highest BCUT2D eigenvalue weighted by Gasteiger charge is 2.41. The molecule has 108 valence electrons. The topological polar surface area (TPSA) is 41.5 Å². The zero-order valence-electron chi connectivity index (χ0n) is 11.4. The van der Waals surface area contributed by atoms with Gasteiger partial charge in [0.05, 0.1) is 12.1 Å². The van der Waals surface area contributed by atoms with Crippen LogP contribution in [0.15, 0.2) is 42.5 Å². The van der Waals surface area contributed by atoms with Gasteiger partial charge in [-0.2, -0.15) is 0 Å². The van der Waals surface area contributed by atoms with Crippen LogP contribution in [-0.2, 0) is 4.74 Å². The van der Waals surface area contributed by atoms with E-state index in [0.717, 1.165) is 23.2 Å². The van der Waals surface area contributed by atoms with Gasteiger partial charge in [0.1, 0.15) is 11.6 Å². The SMILES string of the molecule is Oc1cccc(C2Nc3ccc(F)cc3C3OCCC23)c1. The number of halogens is 1. The Morgan fingerprint density at radius 1 is 1.19 bits per heavy atom. The van der Waals surface area contributed by atoms with Crippen LogP contribution in [0.4, 0.5) is 10.1 Å². The van der Waals surface area contributed by atoms with E-state index >= 15 is 0 Å². The summed E-state index contributed by atoms with van der Waals surface area (Å²) in [5, 5.41) is 13.2. The van der Waals surface area contributed by atoms with Crippen molar-refractivity contribution >= 4 is 5.69 Å². The van der Waals surface area contributed by atoms with E-state index in [-0.39, 0.29) is 29.6 Å². The number of hydrogen-bond acceptors (Lipinski definition) is 3. The minimum atomic E-state index is -0.236. The van der Waals surface area contributed by atoms with Crippen molar-refractivity contribution in [3.63, 3.8) is 0 Å². The summed E-state index contributed by atoms with van der Waals surface area (Å²) in [6.45, 7) is 0.683. The molecule has 2 heterocycles. The van der Waals surface area contributed by atoms with Crippen LogP contribution in [-0.4, -0.2) is 11.7 Å². The van der Waals surface area contributed by atoms with Crippen LogP contribution >= 0.6 is 0 Å². The Labute approximate surface area is 122 Å². The monoisotopic (exact) mass is 285 g/mol. The Hall–Kier alpha value is -2.07. The third kappa shape index (κ3) is 2.07. The van der Waals surface area contributed by atoms with Gasteiger partial charge in [-0.15, -0.1) is 0 Å². The van der Waals surface area contributed by atoms with Gasteiger partial charge in [0.15, 0.2) is 0 Å². The quantitative estimate of drug-likeness (QED) is 0.838. The summed E-state index contributed by atoms with van der Waals surface area (Å²) in [6.07, 6.45) is 0.845. The molecular formula is C17H16FNO2. The maximum atomic E-state index is 13.5. The molecule has 0 radical (unpaired) electrons. The molecule has 0 saturated carbocycles. The molecule has 0 bridgehead atoms. The number of hydrogen-bond donors (Lipinski definition) is 2. The molecule has 1 fully saturated rings. The first-order valence-corrected chi connectivity index (χ1v) is 7.19. The molecule has 1 saturated heterocycles. The van der Waals surface area contributed by atoms with Crippen molar-refractivity contribution in [3.05, 3.63) is 59.4 Å². The van der Waals surface area contributed by atoms with Gasteiger partial charge in [-0.1, -0.05) is 12.1 Å². The predicted molar refractivity (Wildman–Crippen MR) is 77.7 cm³/mol. The molecule has 0 spiro atoms. The average molecular weight is 285 g/mol. The van der Waals surface area contributed by atoms with E-state index in [1.54, 1.807) is 24.3 Å². The van der Waals surface area contributed by atoms with Gasteiger partial charge in [0, 0.05) is 23.8 Å². The molecule has 0 aromatic heterocycles. The third-order valence-electron chi connectivity index (χ3n) is 4.43. The zero-order chi connectivity index (χ0) is 14.4. The molecular weight excluding hydrogens is 269 g/mol. The molecule has 3 nitrogen and oxygen atoms in total. The minimum absolute atomic E-state index is 0.0718. The number of aromatic hydroxyl groups is 1. The van der Waals surface area contributed by atoms with E-state index in [0.29, 0.717) is 6.61 Å². The molecule has 2 N–H and O–H groups in total. The van der Waals surface area contributed by atoms with Gasteiger partial charge in [-0.25, -0.2) is 4.39 Å². The first kappa shape index (κ1) is 12.7. The molecule has 3 unspecified atom stereocenters. The Bertz CT molecular complexity index is 688. The number of anilines is 1. The minimum Gasteiger partial charge on any atom is -0.508 e. The highest BCUT2D eigenvalue weighted by atomic mass is 19.1. The summed E-state index contributed by atoms with van der Waals surface area (Å²) in [5.41, 5.74) is 2.84. The summed E-state index contributed by atoms with van der Waals surface area (Å²) in [6, 6.07) is 12.1. The Morgan fingerprint density at radius 3 is 2.95 bits per heavy atom. The van der Waals surface area contributed by atoms with Gasteiger partial charge < -0.3 is 15.2 Å². The van der Waals surface area contributed by atoms with Gasteiger partial charge in [0.25, 0.3) is 0 Å². The van der Waals surface area contributed by atoms with Crippen molar-refractivity contribution in [2.24, 2.45) is 5.92 Å². The van der Waals surface area contributed by atoms with Gasteiger partial charge >= 0.3 is 0 Å². The first-order chi connectivity index (χ1) is 10.2. The number of nitrogens with one attached hydrogen (secondary N) is 1. The highest BCUT2D eigenvalue weighted by molar-refractivity contribution is 5.57. The maximum Gasteiger partial charge on any atom is 0.123 e. The lowest BCUT2D eigenvalue weighted by molar-refractivity contribution is 0.0826. The van der Waals surface area contributed by atoms with Crippen LogP contribution in [0.25, 0.3) is 0 Å². The fourth-order valence-corrected chi connectivity index (χ4v) is 3.49. The Balaban J connectivity index is 1.79. The van der Waals surface area contributed by atoms with E-state index in [9.17, 15) is 9.50 Å². The summed E-state index contributed by atoms with van der Waals surface area (Å²) in [5.74, 6) is 0.274. The van der Waals surface area contributed by atoms with E-state index in [1.807, 2.05) is 12.1 Å². The Morgan fingerprint density at radius 2 is 2.10 bits per heavy atom. The highest BCUT2D eigenvalue weighted by Crippen LogP contribution is 2.50. The molecule has 4 rings (SSSR count). The van der Waals surface area contributed by atoms with Crippen molar-refractivity contribution < 1.29 is 14.2 Å². The molecule has 4 heteroatoms. The number of ether oxygens (including phenoxy) is 1. The van der Waals surface area contributed by atoms with Crippen LogP contribution < -0.4 is 5.32 Å². The second kappa shape index (κ2) is 4.74. The second-order valence-electron chi connectivity index (χ2n) is 5.69. The molecule has 2 aromatic carbocycles.